The van der Waals surface area contributed by atoms with Gasteiger partial charge in [0.15, 0.2) is 6.61 Å². The van der Waals surface area contributed by atoms with E-state index in [4.69, 9.17) is 14.2 Å². The molecule has 0 radical (unpaired) electrons. The summed E-state index contributed by atoms with van der Waals surface area (Å²) in [7, 11) is 1.37. The van der Waals surface area contributed by atoms with E-state index in [1.54, 1.807) is 24.3 Å². The lowest BCUT2D eigenvalue weighted by Crippen LogP contribution is -2.20. The van der Waals surface area contributed by atoms with Crippen LogP contribution in [0.3, 0.4) is 0 Å². The predicted molar refractivity (Wildman–Crippen MR) is 106 cm³/mol. The van der Waals surface area contributed by atoms with E-state index in [2.05, 4.69) is 5.32 Å². The molecule has 1 N–H and O–H groups in total. The topological polar surface area (TPSA) is 117 Å². The van der Waals surface area contributed by atoms with Crippen molar-refractivity contribution in [2.24, 2.45) is 0 Å². The summed E-state index contributed by atoms with van der Waals surface area (Å²) in [6.07, 6.45) is 2.71. The first kappa shape index (κ1) is 21.4. The summed E-state index contributed by atoms with van der Waals surface area (Å²) in [5, 5.41) is 13.5. The minimum Gasteiger partial charge on any atom is -0.496 e. The molecule has 0 heterocycles. The highest BCUT2D eigenvalue weighted by Crippen LogP contribution is 2.28. The number of esters is 1. The number of carbonyl (C=O) groups is 2. The van der Waals surface area contributed by atoms with Crippen LogP contribution in [0, 0.1) is 10.1 Å². The van der Waals surface area contributed by atoms with Gasteiger partial charge in [-0.1, -0.05) is 12.1 Å². The van der Waals surface area contributed by atoms with Crippen LogP contribution in [0.5, 0.6) is 11.5 Å². The van der Waals surface area contributed by atoms with Crippen molar-refractivity contribution in [2.45, 2.75) is 6.92 Å². The van der Waals surface area contributed by atoms with Crippen LogP contribution in [0.4, 0.5) is 11.4 Å². The van der Waals surface area contributed by atoms with Crippen molar-refractivity contribution in [3.05, 3.63) is 64.2 Å². The Labute approximate surface area is 167 Å². The molecule has 9 nitrogen and oxygen atoms in total. The number of rotatable bonds is 9. The minimum absolute atomic E-state index is 0.0261. The Morgan fingerprint density at radius 3 is 2.45 bits per heavy atom. The molecule has 152 valence electrons. The molecule has 0 saturated carbocycles. The van der Waals surface area contributed by atoms with Gasteiger partial charge in [0, 0.05) is 6.08 Å². The number of nitro groups is 1. The lowest BCUT2D eigenvalue weighted by atomic mass is 10.2. The van der Waals surface area contributed by atoms with Gasteiger partial charge in [0.2, 0.25) is 0 Å². The zero-order valence-electron chi connectivity index (χ0n) is 15.9. The van der Waals surface area contributed by atoms with Crippen molar-refractivity contribution in [2.75, 3.05) is 25.6 Å². The lowest BCUT2D eigenvalue weighted by Gasteiger charge is -2.07. The standard InChI is InChI=1S/C20H20N2O7/c1-3-28-15-7-4-14(5-8-15)6-11-20(24)29-13-19(23)21-17-10-9-16(27-2)12-18(17)22(25)26/h4-12H,3,13H2,1-2H3,(H,21,23)/b11-6+. The maximum atomic E-state index is 11.9. The third kappa shape index (κ3) is 6.65. The molecule has 0 spiro atoms. The van der Waals surface area contributed by atoms with Gasteiger partial charge in [0.25, 0.3) is 11.6 Å². The third-order valence-corrected chi connectivity index (χ3v) is 3.62. The summed E-state index contributed by atoms with van der Waals surface area (Å²) in [5.74, 6) is -0.434. The van der Waals surface area contributed by atoms with E-state index >= 15 is 0 Å². The van der Waals surface area contributed by atoms with Gasteiger partial charge in [0.05, 0.1) is 24.7 Å². The number of hydrogen-bond acceptors (Lipinski definition) is 7. The van der Waals surface area contributed by atoms with Crippen molar-refractivity contribution in [1.29, 1.82) is 0 Å². The second-order valence-electron chi connectivity index (χ2n) is 5.63. The first-order valence-electron chi connectivity index (χ1n) is 8.63. The van der Waals surface area contributed by atoms with Crippen LogP contribution < -0.4 is 14.8 Å². The number of hydrogen-bond donors (Lipinski definition) is 1. The van der Waals surface area contributed by atoms with Gasteiger partial charge < -0.3 is 19.5 Å². The number of nitrogens with one attached hydrogen (secondary N) is 1. The zero-order valence-corrected chi connectivity index (χ0v) is 15.9. The Morgan fingerprint density at radius 1 is 1.14 bits per heavy atom. The van der Waals surface area contributed by atoms with Crippen LogP contribution in [-0.2, 0) is 14.3 Å². The molecular formula is C20H20N2O7. The Morgan fingerprint density at radius 2 is 1.83 bits per heavy atom. The molecule has 9 heteroatoms. The lowest BCUT2D eigenvalue weighted by molar-refractivity contribution is -0.384. The van der Waals surface area contributed by atoms with E-state index in [1.165, 1.54) is 37.5 Å². The van der Waals surface area contributed by atoms with Crippen molar-refractivity contribution < 1.29 is 28.7 Å². The van der Waals surface area contributed by atoms with E-state index in [1.807, 2.05) is 6.92 Å². The number of carbonyl (C=O) groups excluding carboxylic acids is 2. The summed E-state index contributed by atoms with van der Waals surface area (Å²) >= 11 is 0. The monoisotopic (exact) mass is 400 g/mol. The fraction of sp³-hybridized carbons (Fsp3) is 0.200. The number of nitro benzene ring substituents is 1. The van der Waals surface area contributed by atoms with E-state index in [0.29, 0.717) is 6.61 Å². The molecule has 0 fully saturated rings. The molecule has 0 aliphatic carbocycles. The van der Waals surface area contributed by atoms with Crippen LogP contribution in [-0.4, -0.2) is 37.1 Å². The maximum Gasteiger partial charge on any atom is 0.331 e. The summed E-state index contributed by atoms with van der Waals surface area (Å²) in [6.45, 7) is 1.85. The summed E-state index contributed by atoms with van der Waals surface area (Å²) < 4.78 is 15.1. The normalized spacial score (nSPS) is 10.4. The molecular weight excluding hydrogens is 380 g/mol. The van der Waals surface area contributed by atoms with Gasteiger partial charge in [-0.15, -0.1) is 0 Å². The molecule has 2 aromatic carbocycles. The number of anilines is 1. The summed E-state index contributed by atoms with van der Waals surface area (Å²) in [4.78, 5) is 34.2. The number of nitrogens with zero attached hydrogens (tertiary/aromatic N) is 1. The Hall–Kier alpha value is -3.88. The molecule has 29 heavy (non-hydrogen) atoms. The SMILES string of the molecule is CCOc1ccc(/C=C/C(=O)OCC(=O)Nc2ccc(OC)cc2[N+](=O)[O-])cc1. The van der Waals surface area contributed by atoms with E-state index in [-0.39, 0.29) is 17.1 Å². The molecule has 0 bridgehead atoms. The van der Waals surface area contributed by atoms with E-state index in [9.17, 15) is 19.7 Å². The average molecular weight is 400 g/mol. The molecule has 0 saturated heterocycles. The van der Waals surface area contributed by atoms with E-state index in [0.717, 1.165) is 11.3 Å². The quantitative estimate of drug-likeness (QED) is 0.297. The smallest absolute Gasteiger partial charge is 0.331 e. The van der Waals surface area contributed by atoms with Gasteiger partial charge >= 0.3 is 5.97 Å². The number of benzene rings is 2. The Kier molecular flexibility index (Phi) is 7.72. The highest BCUT2D eigenvalue weighted by molar-refractivity contribution is 5.96. The summed E-state index contributed by atoms with van der Waals surface area (Å²) in [5.41, 5.74) is 0.393. The predicted octanol–water partition coefficient (Wildman–Crippen LogP) is 3.20. The molecule has 0 atom stereocenters. The Bertz CT molecular complexity index is 908. The third-order valence-electron chi connectivity index (χ3n) is 3.62. The molecule has 1 amide bonds. The highest BCUT2D eigenvalue weighted by atomic mass is 16.6. The van der Waals surface area contributed by atoms with Gasteiger partial charge in [-0.05, 0) is 42.8 Å². The zero-order chi connectivity index (χ0) is 21.2. The van der Waals surface area contributed by atoms with Crippen LogP contribution >= 0.6 is 0 Å². The molecule has 0 unspecified atom stereocenters. The Balaban J connectivity index is 1.88. The molecule has 2 rings (SSSR count). The average Bonchev–Trinajstić information content (AvgIpc) is 2.72. The number of methoxy groups -OCH3 is 1. The first-order chi connectivity index (χ1) is 13.9. The van der Waals surface area contributed by atoms with Gasteiger partial charge in [0.1, 0.15) is 17.2 Å². The molecule has 2 aromatic rings. The van der Waals surface area contributed by atoms with Gasteiger partial charge in [-0.2, -0.15) is 0 Å². The van der Waals surface area contributed by atoms with Crippen molar-refractivity contribution in [3.8, 4) is 11.5 Å². The second kappa shape index (κ2) is 10.5. The fourth-order valence-electron chi connectivity index (χ4n) is 2.27. The molecule has 0 aliphatic heterocycles. The molecule has 0 aliphatic rings. The van der Waals surface area contributed by atoms with Gasteiger partial charge in [-0.25, -0.2) is 4.79 Å². The van der Waals surface area contributed by atoms with Crippen molar-refractivity contribution in [1.82, 2.24) is 0 Å². The highest BCUT2D eigenvalue weighted by Gasteiger charge is 2.17. The van der Waals surface area contributed by atoms with Crippen molar-refractivity contribution >= 4 is 29.3 Å². The van der Waals surface area contributed by atoms with Crippen LogP contribution in [0.15, 0.2) is 48.5 Å². The first-order valence-corrected chi connectivity index (χ1v) is 8.63. The second-order valence-corrected chi connectivity index (χ2v) is 5.63. The van der Waals surface area contributed by atoms with Crippen LogP contribution in [0.1, 0.15) is 12.5 Å². The van der Waals surface area contributed by atoms with Crippen LogP contribution in [0.25, 0.3) is 6.08 Å². The maximum absolute atomic E-state index is 11.9. The van der Waals surface area contributed by atoms with Gasteiger partial charge in [-0.3, -0.25) is 14.9 Å². The fourth-order valence-corrected chi connectivity index (χ4v) is 2.27. The minimum atomic E-state index is -0.724. The summed E-state index contributed by atoms with van der Waals surface area (Å²) in [6, 6.07) is 11.1. The van der Waals surface area contributed by atoms with E-state index < -0.39 is 23.4 Å². The molecule has 0 aromatic heterocycles. The number of amides is 1. The largest absolute Gasteiger partial charge is 0.496 e. The van der Waals surface area contributed by atoms with Crippen molar-refractivity contribution in [3.63, 3.8) is 0 Å². The number of ether oxygens (including phenoxy) is 3. The van der Waals surface area contributed by atoms with Crippen LogP contribution in [0.2, 0.25) is 0 Å².